The Morgan fingerprint density at radius 3 is 2.65 bits per heavy atom. The number of hydrogen-bond acceptors (Lipinski definition) is 3. The molecule has 2 rings (SSSR count). The van der Waals surface area contributed by atoms with Gasteiger partial charge in [-0.2, -0.15) is 13.2 Å². The lowest BCUT2D eigenvalue weighted by molar-refractivity contribution is -0.137. The highest BCUT2D eigenvalue weighted by Gasteiger charge is 2.31. The zero-order valence-electron chi connectivity index (χ0n) is 11.0. The summed E-state index contributed by atoms with van der Waals surface area (Å²) in [5.74, 6) is 1.33. The molecule has 0 fully saturated rings. The van der Waals surface area contributed by atoms with E-state index in [4.69, 9.17) is 11.6 Å². The predicted molar refractivity (Wildman–Crippen MR) is 78.6 cm³/mol. The van der Waals surface area contributed by atoms with Crippen LogP contribution >= 0.6 is 23.4 Å². The number of nitrogens with one attached hydrogen (secondary N) is 1. The van der Waals surface area contributed by atoms with Crippen LogP contribution in [-0.2, 0) is 6.18 Å². The van der Waals surface area contributed by atoms with Crippen LogP contribution in [0.1, 0.15) is 19.4 Å². The molecule has 0 aromatic heterocycles. The van der Waals surface area contributed by atoms with Crippen LogP contribution in [0.25, 0.3) is 0 Å². The second kappa shape index (κ2) is 5.85. The van der Waals surface area contributed by atoms with Crippen molar-refractivity contribution >= 4 is 34.2 Å². The predicted octanol–water partition coefficient (Wildman–Crippen LogP) is 4.90. The lowest BCUT2D eigenvalue weighted by atomic mass is 10.1. The summed E-state index contributed by atoms with van der Waals surface area (Å²) in [6, 6.07) is 3.36. The summed E-state index contributed by atoms with van der Waals surface area (Å²) in [5, 5.41) is 3.74. The number of aliphatic imine (C=N–C) groups is 1. The third-order valence-electron chi connectivity index (χ3n) is 3.16. The molecule has 1 aromatic rings. The number of hydrogen-bond donors (Lipinski definition) is 1. The number of halogens is 4. The first kappa shape index (κ1) is 15.5. The first-order valence-electron chi connectivity index (χ1n) is 6.11. The van der Waals surface area contributed by atoms with Crippen molar-refractivity contribution in [1.29, 1.82) is 0 Å². The van der Waals surface area contributed by atoms with Crippen LogP contribution in [0.4, 0.5) is 18.9 Å². The van der Waals surface area contributed by atoms with E-state index in [0.29, 0.717) is 11.1 Å². The largest absolute Gasteiger partial charge is 0.416 e. The molecule has 2 unspecified atom stereocenters. The minimum atomic E-state index is -4.38. The quantitative estimate of drug-likeness (QED) is 0.795. The highest BCUT2D eigenvalue weighted by molar-refractivity contribution is 8.14. The molecule has 0 amide bonds. The van der Waals surface area contributed by atoms with E-state index >= 15 is 0 Å². The molecule has 0 saturated carbocycles. The van der Waals surface area contributed by atoms with Crippen LogP contribution in [0.15, 0.2) is 23.2 Å². The first-order valence-corrected chi connectivity index (χ1v) is 7.48. The molecule has 1 aromatic carbocycles. The third kappa shape index (κ3) is 3.61. The van der Waals surface area contributed by atoms with Crippen molar-refractivity contribution in [3.05, 3.63) is 28.8 Å². The van der Waals surface area contributed by atoms with Crippen molar-refractivity contribution in [2.75, 3.05) is 11.1 Å². The number of thioether (sulfide) groups is 1. The zero-order valence-corrected chi connectivity index (χ0v) is 12.5. The second-order valence-corrected chi connectivity index (χ2v) is 6.20. The van der Waals surface area contributed by atoms with Crippen molar-refractivity contribution in [3.63, 3.8) is 0 Å². The molecular weight excluding hydrogens is 309 g/mol. The van der Waals surface area contributed by atoms with Gasteiger partial charge in [0.2, 0.25) is 0 Å². The standard InChI is InChI=1S/C13H14ClF3N2S/c1-7-6-20-12(18-8(7)2)19-11-5-9(13(15,16)17)3-4-10(11)14/h3-5,7-8H,6H2,1-2H3,(H,18,19). The van der Waals surface area contributed by atoms with Gasteiger partial charge in [-0.05, 0) is 31.0 Å². The van der Waals surface area contributed by atoms with Crippen LogP contribution in [0.5, 0.6) is 0 Å². The average molecular weight is 323 g/mol. The molecule has 0 spiro atoms. The van der Waals surface area contributed by atoms with Crippen LogP contribution in [0.2, 0.25) is 5.02 Å². The van der Waals surface area contributed by atoms with E-state index in [9.17, 15) is 13.2 Å². The Morgan fingerprint density at radius 1 is 1.35 bits per heavy atom. The number of amidine groups is 1. The van der Waals surface area contributed by atoms with Gasteiger partial charge < -0.3 is 5.32 Å². The molecule has 1 aliphatic rings. The molecule has 7 heteroatoms. The normalized spacial score (nSPS) is 23.4. The Hall–Kier alpha value is -0.880. The third-order valence-corrected chi connectivity index (χ3v) is 4.67. The summed E-state index contributed by atoms with van der Waals surface area (Å²) in [6.07, 6.45) is -4.38. The number of benzene rings is 1. The van der Waals surface area contributed by atoms with Crippen molar-refractivity contribution in [2.24, 2.45) is 10.9 Å². The van der Waals surface area contributed by atoms with E-state index < -0.39 is 11.7 Å². The van der Waals surface area contributed by atoms with Crippen LogP contribution in [-0.4, -0.2) is 17.0 Å². The van der Waals surface area contributed by atoms with Crippen LogP contribution in [0, 0.1) is 5.92 Å². The van der Waals surface area contributed by atoms with Crippen LogP contribution < -0.4 is 5.32 Å². The average Bonchev–Trinajstić information content (AvgIpc) is 2.35. The molecule has 1 N–H and O–H groups in total. The summed E-state index contributed by atoms with van der Waals surface area (Å²) in [5.41, 5.74) is -0.498. The van der Waals surface area contributed by atoms with E-state index in [1.165, 1.54) is 17.8 Å². The Bertz CT molecular complexity index is 531. The summed E-state index contributed by atoms with van der Waals surface area (Å²) in [6.45, 7) is 4.08. The minimum Gasteiger partial charge on any atom is -0.334 e. The van der Waals surface area contributed by atoms with Gasteiger partial charge in [-0.1, -0.05) is 30.3 Å². The topological polar surface area (TPSA) is 24.4 Å². The van der Waals surface area contributed by atoms with E-state index in [1.54, 1.807) is 0 Å². The first-order chi connectivity index (χ1) is 9.27. The SMILES string of the molecule is CC1CSC(Nc2cc(C(F)(F)F)ccc2Cl)=NC1C. The Morgan fingerprint density at radius 2 is 2.05 bits per heavy atom. The van der Waals surface area contributed by atoms with Gasteiger partial charge in [-0.3, -0.25) is 4.99 Å². The lowest BCUT2D eigenvalue weighted by Crippen LogP contribution is -2.25. The van der Waals surface area contributed by atoms with Gasteiger partial charge in [0.1, 0.15) is 0 Å². The number of alkyl halides is 3. The smallest absolute Gasteiger partial charge is 0.334 e. The van der Waals surface area contributed by atoms with Gasteiger partial charge in [-0.25, -0.2) is 0 Å². The molecule has 0 bridgehead atoms. The van der Waals surface area contributed by atoms with Gasteiger partial charge in [0.15, 0.2) is 5.17 Å². The Kier molecular flexibility index (Phi) is 4.54. The molecule has 1 heterocycles. The van der Waals surface area contributed by atoms with Gasteiger partial charge in [0, 0.05) is 5.75 Å². The van der Waals surface area contributed by atoms with Crippen molar-refractivity contribution < 1.29 is 13.2 Å². The molecule has 0 aliphatic carbocycles. The molecular formula is C13H14ClF3N2S. The fourth-order valence-corrected chi connectivity index (χ4v) is 2.97. The van der Waals surface area contributed by atoms with Gasteiger partial charge in [0.05, 0.1) is 22.3 Å². The fraction of sp³-hybridized carbons (Fsp3) is 0.462. The van der Waals surface area contributed by atoms with Crippen molar-refractivity contribution in [2.45, 2.75) is 26.1 Å². The zero-order chi connectivity index (χ0) is 14.9. The molecule has 2 atom stereocenters. The fourth-order valence-electron chi connectivity index (χ4n) is 1.68. The molecule has 20 heavy (non-hydrogen) atoms. The summed E-state index contributed by atoms with van der Waals surface area (Å²) in [7, 11) is 0. The maximum atomic E-state index is 12.7. The summed E-state index contributed by atoms with van der Waals surface area (Å²) in [4.78, 5) is 4.42. The minimum absolute atomic E-state index is 0.142. The molecule has 0 saturated heterocycles. The Balaban J connectivity index is 2.23. The second-order valence-electron chi connectivity index (χ2n) is 4.78. The van der Waals surface area contributed by atoms with E-state index in [-0.39, 0.29) is 16.8 Å². The number of rotatable bonds is 1. The molecule has 1 aliphatic heterocycles. The van der Waals surface area contributed by atoms with Gasteiger partial charge >= 0.3 is 6.18 Å². The van der Waals surface area contributed by atoms with Gasteiger partial charge in [0.25, 0.3) is 0 Å². The summed E-state index contributed by atoms with van der Waals surface area (Å²) >= 11 is 7.43. The van der Waals surface area contributed by atoms with Crippen molar-refractivity contribution in [3.8, 4) is 0 Å². The van der Waals surface area contributed by atoms with Crippen LogP contribution in [0.3, 0.4) is 0 Å². The molecule has 0 radical (unpaired) electrons. The molecule has 2 nitrogen and oxygen atoms in total. The highest BCUT2D eigenvalue weighted by Crippen LogP contribution is 2.34. The van der Waals surface area contributed by atoms with E-state index in [2.05, 4.69) is 17.2 Å². The number of nitrogens with zero attached hydrogens (tertiary/aromatic N) is 1. The number of anilines is 1. The maximum Gasteiger partial charge on any atom is 0.416 e. The monoisotopic (exact) mass is 322 g/mol. The van der Waals surface area contributed by atoms with Crippen molar-refractivity contribution in [1.82, 2.24) is 0 Å². The lowest BCUT2D eigenvalue weighted by Gasteiger charge is -2.24. The molecule has 110 valence electrons. The summed E-state index contributed by atoms with van der Waals surface area (Å²) < 4.78 is 38.1. The highest BCUT2D eigenvalue weighted by atomic mass is 35.5. The maximum absolute atomic E-state index is 12.7. The van der Waals surface area contributed by atoms with E-state index in [1.807, 2.05) is 6.92 Å². The van der Waals surface area contributed by atoms with Gasteiger partial charge in [-0.15, -0.1) is 0 Å². The van der Waals surface area contributed by atoms with E-state index in [0.717, 1.165) is 17.9 Å². The Labute approximate surface area is 124 Å².